The molecule has 1 fully saturated rings. The van der Waals surface area contributed by atoms with Gasteiger partial charge in [0.2, 0.25) is 0 Å². The van der Waals surface area contributed by atoms with Gasteiger partial charge in [-0.25, -0.2) is 0 Å². The average molecular weight is 230 g/mol. The Balaban J connectivity index is 0. The van der Waals surface area contributed by atoms with Gasteiger partial charge in [-0.2, -0.15) is 0 Å². The zero-order chi connectivity index (χ0) is 12.9. The standard InChI is InChI=1S/C9H18N2O.2C2H6/c1-10-8-9(4-7-12)2-5-11-6-3-9;2*1-2/h7,10-11H,2-6,8H2,1H3;2*1-2H3. The maximum Gasteiger partial charge on any atom is 0.120 e. The number of carbonyl (C=O) groups is 1. The van der Waals surface area contributed by atoms with Crippen molar-refractivity contribution >= 4 is 6.29 Å². The lowest BCUT2D eigenvalue weighted by Crippen LogP contribution is -2.42. The Morgan fingerprint density at radius 1 is 1.19 bits per heavy atom. The molecule has 0 aliphatic carbocycles. The van der Waals surface area contributed by atoms with Gasteiger partial charge in [0.05, 0.1) is 0 Å². The minimum Gasteiger partial charge on any atom is -0.319 e. The van der Waals surface area contributed by atoms with Crippen LogP contribution >= 0.6 is 0 Å². The van der Waals surface area contributed by atoms with Gasteiger partial charge in [0.25, 0.3) is 0 Å². The molecule has 1 heterocycles. The molecule has 0 unspecified atom stereocenters. The molecule has 1 aliphatic heterocycles. The van der Waals surface area contributed by atoms with E-state index in [0.29, 0.717) is 6.42 Å². The molecule has 0 radical (unpaired) electrons. The molecule has 0 saturated carbocycles. The van der Waals surface area contributed by atoms with E-state index < -0.39 is 0 Å². The highest BCUT2D eigenvalue weighted by Gasteiger charge is 2.30. The van der Waals surface area contributed by atoms with Crippen molar-refractivity contribution in [1.29, 1.82) is 0 Å². The Morgan fingerprint density at radius 2 is 1.69 bits per heavy atom. The van der Waals surface area contributed by atoms with Crippen molar-refractivity contribution in [1.82, 2.24) is 10.6 Å². The van der Waals surface area contributed by atoms with Crippen molar-refractivity contribution in [3.63, 3.8) is 0 Å². The minimum atomic E-state index is 0.238. The number of nitrogens with one attached hydrogen (secondary N) is 2. The highest BCUT2D eigenvalue weighted by molar-refractivity contribution is 5.51. The molecule has 1 rings (SSSR count). The molecule has 0 amide bonds. The first-order chi connectivity index (χ1) is 7.83. The Bertz CT molecular complexity index is 137. The number of carbonyl (C=O) groups excluding carboxylic acids is 1. The van der Waals surface area contributed by atoms with E-state index >= 15 is 0 Å². The second kappa shape index (κ2) is 12.7. The van der Waals surface area contributed by atoms with Gasteiger partial charge in [-0.15, -0.1) is 0 Å². The third-order valence-electron chi connectivity index (χ3n) is 2.73. The zero-order valence-corrected chi connectivity index (χ0v) is 11.7. The lowest BCUT2D eigenvalue weighted by atomic mass is 9.76. The molecule has 16 heavy (non-hydrogen) atoms. The predicted molar refractivity (Wildman–Crippen MR) is 71.8 cm³/mol. The lowest BCUT2D eigenvalue weighted by molar-refractivity contribution is -0.110. The minimum absolute atomic E-state index is 0.238. The summed E-state index contributed by atoms with van der Waals surface area (Å²) in [6.45, 7) is 11.1. The van der Waals surface area contributed by atoms with E-state index in [-0.39, 0.29) is 5.41 Å². The summed E-state index contributed by atoms with van der Waals surface area (Å²) in [6, 6.07) is 0. The first kappa shape index (κ1) is 18.0. The van der Waals surface area contributed by atoms with E-state index in [2.05, 4.69) is 10.6 Å². The third-order valence-corrected chi connectivity index (χ3v) is 2.73. The van der Waals surface area contributed by atoms with Crippen molar-refractivity contribution in [2.75, 3.05) is 26.7 Å². The van der Waals surface area contributed by atoms with Crippen LogP contribution < -0.4 is 10.6 Å². The summed E-state index contributed by atoms with van der Waals surface area (Å²) >= 11 is 0. The molecule has 0 spiro atoms. The summed E-state index contributed by atoms with van der Waals surface area (Å²) in [5, 5.41) is 6.49. The van der Waals surface area contributed by atoms with Crippen molar-refractivity contribution in [3.05, 3.63) is 0 Å². The summed E-state index contributed by atoms with van der Waals surface area (Å²) in [7, 11) is 1.95. The fraction of sp³-hybridized carbons (Fsp3) is 0.923. The molecule has 3 heteroatoms. The summed E-state index contributed by atoms with van der Waals surface area (Å²) in [4.78, 5) is 10.5. The molecule has 0 aromatic rings. The SMILES string of the molecule is CC.CC.CNCC1(CC=O)CCNCC1. The van der Waals surface area contributed by atoms with Crippen molar-refractivity contribution in [2.24, 2.45) is 5.41 Å². The van der Waals surface area contributed by atoms with E-state index in [1.54, 1.807) is 0 Å². The average Bonchev–Trinajstić information content (AvgIpc) is 2.36. The molecule has 0 atom stereocenters. The smallest absolute Gasteiger partial charge is 0.120 e. The normalized spacial score (nSPS) is 17.3. The summed E-state index contributed by atoms with van der Waals surface area (Å²) < 4.78 is 0. The molecule has 0 aromatic heterocycles. The van der Waals surface area contributed by atoms with Crippen molar-refractivity contribution < 1.29 is 4.79 Å². The van der Waals surface area contributed by atoms with Gasteiger partial charge in [-0.05, 0) is 38.4 Å². The van der Waals surface area contributed by atoms with Crippen molar-refractivity contribution in [3.8, 4) is 0 Å². The fourth-order valence-electron chi connectivity index (χ4n) is 1.96. The van der Waals surface area contributed by atoms with E-state index in [1.807, 2.05) is 34.7 Å². The largest absolute Gasteiger partial charge is 0.319 e. The Kier molecular flexibility index (Phi) is 14.2. The van der Waals surface area contributed by atoms with Crippen LogP contribution in [0.1, 0.15) is 47.0 Å². The van der Waals surface area contributed by atoms with Crippen LogP contribution in [-0.4, -0.2) is 33.0 Å². The highest BCUT2D eigenvalue weighted by atomic mass is 16.1. The maximum absolute atomic E-state index is 10.5. The van der Waals surface area contributed by atoms with Gasteiger partial charge < -0.3 is 15.4 Å². The topological polar surface area (TPSA) is 41.1 Å². The second-order valence-electron chi connectivity index (χ2n) is 3.65. The van der Waals surface area contributed by atoms with Crippen molar-refractivity contribution in [2.45, 2.75) is 47.0 Å². The molecule has 1 saturated heterocycles. The molecule has 2 N–H and O–H groups in total. The molecular weight excluding hydrogens is 200 g/mol. The van der Waals surface area contributed by atoms with Gasteiger partial charge >= 0.3 is 0 Å². The van der Waals surface area contributed by atoms with Crippen LogP contribution in [0.4, 0.5) is 0 Å². The molecule has 0 bridgehead atoms. The van der Waals surface area contributed by atoms with E-state index in [9.17, 15) is 4.79 Å². The number of rotatable bonds is 4. The molecule has 0 aromatic carbocycles. The van der Waals surface area contributed by atoms with Gasteiger partial charge in [0.1, 0.15) is 6.29 Å². The molecular formula is C13H30N2O. The monoisotopic (exact) mass is 230 g/mol. The van der Waals surface area contributed by atoms with E-state index in [4.69, 9.17) is 0 Å². The van der Waals surface area contributed by atoms with Gasteiger partial charge in [-0.3, -0.25) is 0 Å². The number of piperidine rings is 1. The van der Waals surface area contributed by atoms with E-state index in [0.717, 1.165) is 38.8 Å². The second-order valence-corrected chi connectivity index (χ2v) is 3.65. The maximum atomic E-state index is 10.5. The predicted octanol–water partition coefficient (Wildman–Crippen LogP) is 2.22. The quantitative estimate of drug-likeness (QED) is 0.728. The highest BCUT2D eigenvalue weighted by Crippen LogP contribution is 2.30. The fourth-order valence-corrected chi connectivity index (χ4v) is 1.96. The molecule has 1 aliphatic rings. The Morgan fingerprint density at radius 3 is 2.06 bits per heavy atom. The van der Waals surface area contributed by atoms with Crippen LogP contribution in [0.2, 0.25) is 0 Å². The number of hydrogen-bond donors (Lipinski definition) is 2. The number of hydrogen-bond acceptors (Lipinski definition) is 3. The summed E-state index contributed by atoms with van der Waals surface area (Å²) in [5.41, 5.74) is 0.238. The first-order valence-corrected chi connectivity index (χ1v) is 6.62. The Labute approximate surface area is 101 Å². The van der Waals surface area contributed by atoms with Crippen LogP contribution in [0, 0.1) is 5.41 Å². The van der Waals surface area contributed by atoms with Gasteiger partial charge in [-0.1, -0.05) is 27.7 Å². The molecule has 3 nitrogen and oxygen atoms in total. The summed E-state index contributed by atoms with van der Waals surface area (Å²) in [5.74, 6) is 0. The van der Waals surface area contributed by atoms with Crippen LogP contribution in [0.15, 0.2) is 0 Å². The van der Waals surface area contributed by atoms with Crippen LogP contribution in [0.3, 0.4) is 0 Å². The summed E-state index contributed by atoms with van der Waals surface area (Å²) in [6.07, 6.45) is 4.00. The van der Waals surface area contributed by atoms with E-state index in [1.165, 1.54) is 0 Å². The van der Waals surface area contributed by atoms with Crippen LogP contribution in [-0.2, 0) is 4.79 Å². The molecule has 98 valence electrons. The number of aldehydes is 1. The lowest BCUT2D eigenvalue weighted by Gasteiger charge is -2.36. The van der Waals surface area contributed by atoms with Gasteiger partial charge in [0, 0.05) is 13.0 Å². The Hall–Kier alpha value is -0.410. The third kappa shape index (κ3) is 6.96. The van der Waals surface area contributed by atoms with Crippen LogP contribution in [0.5, 0.6) is 0 Å². The van der Waals surface area contributed by atoms with Gasteiger partial charge in [0.15, 0.2) is 0 Å². The zero-order valence-electron chi connectivity index (χ0n) is 11.7. The van der Waals surface area contributed by atoms with Crippen LogP contribution in [0.25, 0.3) is 0 Å². The first-order valence-electron chi connectivity index (χ1n) is 6.62.